The summed E-state index contributed by atoms with van der Waals surface area (Å²) in [5.74, 6) is 0. The molecule has 0 fully saturated rings. The van der Waals surface area contributed by atoms with Gasteiger partial charge in [0.25, 0.3) is 0 Å². The molecule has 0 N–H and O–H groups in total. The lowest BCUT2D eigenvalue weighted by Crippen LogP contribution is -2.14. The Balaban J connectivity index is 1.04. The van der Waals surface area contributed by atoms with Gasteiger partial charge in [0.05, 0.1) is 5.69 Å². The van der Waals surface area contributed by atoms with Crippen LogP contribution in [0.2, 0.25) is 0 Å². The molecule has 0 saturated carbocycles. The van der Waals surface area contributed by atoms with Crippen molar-refractivity contribution in [1.29, 1.82) is 0 Å². The van der Waals surface area contributed by atoms with E-state index < -0.39 is 0 Å². The van der Waals surface area contributed by atoms with E-state index in [2.05, 4.69) is 251 Å². The topological polar surface area (TPSA) is 22.9 Å². The summed E-state index contributed by atoms with van der Waals surface area (Å²) in [5.41, 5.74) is 11.4. The van der Waals surface area contributed by atoms with Gasteiger partial charge < -0.3 is 19.1 Å². The number of fused-ring (bicyclic) bond motifs is 7. The summed E-state index contributed by atoms with van der Waals surface area (Å²) in [7, 11) is 0. The maximum absolute atomic E-state index is 6.31. The Morgan fingerprint density at radius 1 is 0.219 bits per heavy atom. The van der Waals surface area contributed by atoms with Crippen LogP contribution in [0, 0.1) is 0 Å². The maximum Gasteiger partial charge on any atom is 0.136 e. The Hall–Kier alpha value is -8.60. The summed E-state index contributed by atoms with van der Waals surface area (Å²) in [5, 5.41) is 9.33. The summed E-state index contributed by atoms with van der Waals surface area (Å²) in [6, 6.07) is 89.0. The summed E-state index contributed by atoms with van der Waals surface area (Å²) in [4.78, 5) is 7.10. The molecule has 12 rings (SSSR count). The number of furan rings is 1. The first-order valence-electron chi connectivity index (χ1n) is 21.7. The minimum Gasteiger partial charge on any atom is -0.456 e. The molecule has 0 atom stereocenters. The van der Waals surface area contributed by atoms with E-state index >= 15 is 0 Å². The van der Waals surface area contributed by atoms with Gasteiger partial charge in [0.15, 0.2) is 0 Å². The van der Waals surface area contributed by atoms with Gasteiger partial charge in [0.1, 0.15) is 11.2 Å². The minimum absolute atomic E-state index is 0.904. The molecule has 0 saturated heterocycles. The predicted octanol–water partition coefficient (Wildman–Crippen LogP) is 17.5. The molecule has 0 amide bonds. The van der Waals surface area contributed by atoms with Crippen molar-refractivity contribution in [1.82, 2.24) is 0 Å². The van der Waals surface area contributed by atoms with Gasteiger partial charge in [0, 0.05) is 61.7 Å². The maximum atomic E-state index is 6.31. The lowest BCUT2D eigenvalue weighted by Gasteiger charge is -2.31. The second-order valence-corrected chi connectivity index (χ2v) is 16.2. The first-order chi connectivity index (χ1) is 31.7. The average molecular weight is 820 g/mol. The van der Waals surface area contributed by atoms with Crippen LogP contribution in [0.3, 0.4) is 0 Å². The molecular weight excluding hydrogens is 779 g/mol. The normalized spacial score (nSPS) is 11.4. The summed E-state index contributed by atoms with van der Waals surface area (Å²) < 4.78 is 6.31. The van der Waals surface area contributed by atoms with Crippen molar-refractivity contribution in [3.8, 4) is 0 Å². The molecule has 0 aliphatic heterocycles. The quantitative estimate of drug-likeness (QED) is 0.135. The van der Waals surface area contributed by atoms with E-state index in [0.717, 1.165) is 78.5 Å². The molecule has 1 heterocycles. The fraction of sp³-hybridized carbons (Fsp3) is 0. The minimum atomic E-state index is 0.904. The Labute approximate surface area is 371 Å². The van der Waals surface area contributed by atoms with Gasteiger partial charge in [-0.3, -0.25) is 0 Å². The third kappa shape index (κ3) is 6.57. The third-order valence-corrected chi connectivity index (χ3v) is 12.3. The van der Waals surface area contributed by atoms with Crippen LogP contribution in [0.15, 0.2) is 253 Å². The molecule has 0 aliphatic rings. The second-order valence-electron chi connectivity index (χ2n) is 16.2. The molecule has 0 spiro atoms. The highest BCUT2D eigenvalue weighted by molar-refractivity contribution is 6.17. The van der Waals surface area contributed by atoms with Crippen molar-refractivity contribution in [2.75, 3.05) is 14.7 Å². The SMILES string of the molecule is c1ccc(N(c2ccccc2)c2cccc(N(c3cccc(N(c4ccccc4)c4ccc5ccc6cc7oc8ccccc8c7cc6c5c4)c3)c3cccc4ccccc34)c2)cc1. The number of benzene rings is 11. The van der Waals surface area contributed by atoms with Crippen LogP contribution < -0.4 is 14.7 Å². The van der Waals surface area contributed by atoms with E-state index in [1.807, 2.05) is 12.1 Å². The van der Waals surface area contributed by atoms with Gasteiger partial charge in [0.2, 0.25) is 0 Å². The highest BCUT2D eigenvalue weighted by atomic mass is 16.3. The molecule has 0 radical (unpaired) electrons. The van der Waals surface area contributed by atoms with E-state index in [4.69, 9.17) is 4.42 Å². The Morgan fingerprint density at radius 2 is 0.656 bits per heavy atom. The van der Waals surface area contributed by atoms with Crippen LogP contribution in [0.25, 0.3) is 54.3 Å². The largest absolute Gasteiger partial charge is 0.456 e. The summed E-state index contributed by atoms with van der Waals surface area (Å²) in [6.45, 7) is 0. The van der Waals surface area contributed by atoms with Crippen LogP contribution in [0.1, 0.15) is 0 Å². The van der Waals surface area contributed by atoms with Crippen molar-refractivity contribution in [2.45, 2.75) is 0 Å². The van der Waals surface area contributed by atoms with E-state index in [9.17, 15) is 0 Å². The van der Waals surface area contributed by atoms with Crippen LogP contribution in [-0.2, 0) is 0 Å². The molecule has 64 heavy (non-hydrogen) atoms. The number of para-hydroxylation sites is 4. The molecule has 0 aliphatic carbocycles. The van der Waals surface area contributed by atoms with Crippen molar-refractivity contribution in [3.63, 3.8) is 0 Å². The zero-order chi connectivity index (χ0) is 42.4. The highest BCUT2D eigenvalue weighted by Gasteiger charge is 2.21. The number of nitrogens with zero attached hydrogens (tertiary/aromatic N) is 3. The van der Waals surface area contributed by atoms with Gasteiger partial charge in [-0.05, 0) is 136 Å². The fourth-order valence-corrected chi connectivity index (χ4v) is 9.40. The molecule has 0 bridgehead atoms. The first kappa shape index (κ1) is 37.2. The van der Waals surface area contributed by atoms with Crippen LogP contribution in [0.4, 0.5) is 51.2 Å². The van der Waals surface area contributed by atoms with Crippen LogP contribution in [0.5, 0.6) is 0 Å². The lowest BCUT2D eigenvalue weighted by molar-refractivity contribution is 0.669. The monoisotopic (exact) mass is 819 g/mol. The zero-order valence-electron chi connectivity index (χ0n) is 34.9. The Kier molecular flexibility index (Phi) is 9.12. The fourth-order valence-electron chi connectivity index (χ4n) is 9.40. The average Bonchev–Trinajstić information content (AvgIpc) is 3.72. The number of hydrogen-bond donors (Lipinski definition) is 0. The smallest absolute Gasteiger partial charge is 0.136 e. The van der Waals surface area contributed by atoms with Crippen molar-refractivity contribution < 1.29 is 4.42 Å². The molecular formula is C60H41N3O. The van der Waals surface area contributed by atoms with Gasteiger partial charge in [-0.25, -0.2) is 0 Å². The van der Waals surface area contributed by atoms with E-state index in [-0.39, 0.29) is 0 Å². The molecule has 4 heteroatoms. The van der Waals surface area contributed by atoms with E-state index in [0.29, 0.717) is 0 Å². The summed E-state index contributed by atoms with van der Waals surface area (Å²) in [6.07, 6.45) is 0. The highest BCUT2D eigenvalue weighted by Crippen LogP contribution is 2.45. The summed E-state index contributed by atoms with van der Waals surface area (Å²) >= 11 is 0. The molecule has 11 aromatic carbocycles. The zero-order valence-corrected chi connectivity index (χ0v) is 34.9. The third-order valence-electron chi connectivity index (χ3n) is 12.3. The Bertz CT molecular complexity index is 3590. The van der Waals surface area contributed by atoms with Crippen LogP contribution in [-0.4, -0.2) is 0 Å². The molecule has 302 valence electrons. The lowest BCUT2D eigenvalue weighted by atomic mass is 9.99. The standard InChI is InChI=1S/C60H41N3O/c1-4-19-45(20-5-1)61(46-21-6-2-7-22-46)48-25-15-27-50(38-48)63(58-31-14-18-42-17-10-11-29-53(42)58)51-28-16-26-49(39-51)62(47-23-8-3-9-24-47)52-36-35-43-33-34-44-37-60-57(41-56(44)55(43)40-52)54-30-12-13-32-59(54)64-60/h1-41H. The van der Waals surface area contributed by atoms with Crippen molar-refractivity contribution in [3.05, 3.63) is 249 Å². The van der Waals surface area contributed by atoms with E-state index in [1.54, 1.807) is 0 Å². The van der Waals surface area contributed by atoms with Crippen LogP contribution >= 0.6 is 0 Å². The second kappa shape index (κ2) is 15.7. The molecule has 12 aromatic rings. The van der Waals surface area contributed by atoms with Gasteiger partial charge in [-0.1, -0.05) is 140 Å². The van der Waals surface area contributed by atoms with Gasteiger partial charge >= 0.3 is 0 Å². The predicted molar refractivity (Wildman–Crippen MR) is 270 cm³/mol. The van der Waals surface area contributed by atoms with Crippen molar-refractivity contribution in [2.24, 2.45) is 0 Å². The number of hydrogen-bond acceptors (Lipinski definition) is 4. The van der Waals surface area contributed by atoms with Gasteiger partial charge in [-0.15, -0.1) is 0 Å². The first-order valence-corrected chi connectivity index (χ1v) is 21.7. The van der Waals surface area contributed by atoms with Crippen molar-refractivity contribution >= 4 is 105 Å². The van der Waals surface area contributed by atoms with Gasteiger partial charge in [-0.2, -0.15) is 0 Å². The number of anilines is 9. The molecule has 1 aromatic heterocycles. The number of rotatable bonds is 9. The molecule has 0 unspecified atom stereocenters. The Morgan fingerprint density at radius 3 is 1.31 bits per heavy atom. The molecule has 4 nitrogen and oxygen atoms in total. The van der Waals surface area contributed by atoms with E-state index in [1.165, 1.54) is 26.9 Å².